The first kappa shape index (κ1) is 10.6. The molecule has 1 unspecified atom stereocenters. The van der Waals surface area contributed by atoms with Crippen LogP contribution in [0.3, 0.4) is 0 Å². The van der Waals surface area contributed by atoms with Crippen molar-refractivity contribution < 1.29 is 19.4 Å². The SMILES string of the molecule is O=C(O)C1COCCN1C(=O)c1ncn[nH]1. The average Bonchev–Trinajstić information content (AvgIpc) is 2.81. The first-order chi connectivity index (χ1) is 7.70. The number of rotatable bonds is 2. The number of hydrogen-bond donors (Lipinski definition) is 2. The van der Waals surface area contributed by atoms with E-state index in [9.17, 15) is 9.59 Å². The van der Waals surface area contributed by atoms with Crippen molar-refractivity contribution in [3.63, 3.8) is 0 Å². The van der Waals surface area contributed by atoms with Crippen LogP contribution >= 0.6 is 0 Å². The average molecular weight is 226 g/mol. The molecule has 8 nitrogen and oxygen atoms in total. The highest BCUT2D eigenvalue weighted by molar-refractivity contribution is 5.93. The summed E-state index contributed by atoms with van der Waals surface area (Å²) in [6.07, 6.45) is 1.20. The largest absolute Gasteiger partial charge is 0.480 e. The van der Waals surface area contributed by atoms with Crippen molar-refractivity contribution in [3.05, 3.63) is 12.2 Å². The van der Waals surface area contributed by atoms with E-state index in [1.165, 1.54) is 11.2 Å². The maximum atomic E-state index is 11.8. The summed E-state index contributed by atoms with van der Waals surface area (Å²) in [4.78, 5) is 27.7. The Morgan fingerprint density at radius 2 is 2.44 bits per heavy atom. The summed E-state index contributed by atoms with van der Waals surface area (Å²) in [6.45, 7) is 0.551. The molecule has 86 valence electrons. The van der Waals surface area contributed by atoms with Crippen LogP contribution in [0.1, 0.15) is 10.6 Å². The molecule has 0 aromatic carbocycles. The van der Waals surface area contributed by atoms with Gasteiger partial charge in [0.15, 0.2) is 6.04 Å². The van der Waals surface area contributed by atoms with E-state index >= 15 is 0 Å². The number of nitrogens with one attached hydrogen (secondary N) is 1. The fraction of sp³-hybridized carbons (Fsp3) is 0.500. The third kappa shape index (κ3) is 1.87. The Morgan fingerprint density at radius 1 is 1.62 bits per heavy atom. The molecular formula is C8H10N4O4. The number of aromatic amines is 1. The van der Waals surface area contributed by atoms with Crippen molar-refractivity contribution in [2.45, 2.75) is 6.04 Å². The van der Waals surface area contributed by atoms with Crippen LogP contribution in [0.15, 0.2) is 6.33 Å². The summed E-state index contributed by atoms with van der Waals surface area (Å²) >= 11 is 0. The van der Waals surface area contributed by atoms with Gasteiger partial charge in [-0.25, -0.2) is 9.78 Å². The zero-order valence-electron chi connectivity index (χ0n) is 8.29. The first-order valence-electron chi connectivity index (χ1n) is 4.67. The van der Waals surface area contributed by atoms with Crippen molar-refractivity contribution in [2.75, 3.05) is 19.8 Å². The van der Waals surface area contributed by atoms with Crippen LogP contribution in [0.5, 0.6) is 0 Å². The van der Waals surface area contributed by atoms with Gasteiger partial charge in [-0.3, -0.25) is 9.89 Å². The number of aromatic nitrogens is 3. The van der Waals surface area contributed by atoms with Crippen molar-refractivity contribution in [1.82, 2.24) is 20.1 Å². The van der Waals surface area contributed by atoms with Crippen LogP contribution in [-0.4, -0.2) is 62.9 Å². The van der Waals surface area contributed by atoms with Gasteiger partial charge in [0, 0.05) is 6.54 Å². The van der Waals surface area contributed by atoms with Crippen molar-refractivity contribution in [1.29, 1.82) is 0 Å². The Morgan fingerprint density at radius 3 is 3.06 bits per heavy atom. The molecular weight excluding hydrogens is 216 g/mol. The Labute approximate surface area is 90.2 Å². The highest BCUT2D eigenvalue weighted by atomic mass is 16.5. The molecule has 0 saturated carbocycles. The fourth-order valence-electron chi connectivity index (χ4n) is 1.50. The van der Waals surface area contributed by atoms with E-state index < -0.39 is 17.9 Å². The molecule has 1 fully saturated rings. The van der Waals surface area contributed by atoms with Crippen LogP contribution in [0.25, 0.3) is 0 Å². The van der Waals surface area contributed by atoms with Gasteiger partial charge in [0.05, 0.1) is 13.2 Å². The standard InChI is InChI=1S/C8H10N4O4/c13-7(6-9-4-10-11-6)12-1-2-16-3-5(12)8(14)15/h4-5H,1-3H2,(H,14,15)(H,9,10,11). The molecule has 1 amide bonds. The molecule has 1 aromatic heterocycles. The number of carbonyl (C=O) groups excluding carboxylic acids is 1. The molecule has 8 heteroatoms. The lowest BCUT2D eigenvalue weighted by atomic mass is 10.2. The summed E-state index contributed by atoms with van der Waals surface area (Å²) in [6, 6.07) is -0.966. The zero-order valence-corrected chi connectivity index (χ0v) is 8.29. The van der Waals surface area contributed by atoms with Gasteiger partial charge in [-0.05, 0) is 0 Å². The lowest BCUT2D eigenvalue weighted by molar-refractivity contribution is -0.147. The number of carbonyl (C=O) groups is 2. The van der Waals surface area contributed by atoms with Crippen LogP contribution in [0.2, 0.25) is 0 Å². The van der Waals surface area contributed by atoms with Crippen LogP contribution < -0.4 is 0 Å². The summed E-state index contributed by atoms with van der Waals surface area (Å²) in [5.74, 6) is -1.53. The second-order valence-corrected chi connectivity index (χ2v) is 3.26. The third-order valence-electron chi connectivity index (χ3n) is 2.29. The Bertz CT molecular complexity index is 391. The van der Waals surface area contributed by atoms with E-state index in [0.29, 0.717) is 6.61 Å². The summed E-state index contributed by atoms with van der Waals surface area (Å²) in [7, 11) is 0. The van der Waals surface area contributed by atoms with E-state index in [1.807, 2.05) is 0 Å². The van der Waals surface area contributed by atoms with Gasteiger partial charge in [0.1, 0.15) is 6.33 Å². The molecule has 0 bridgehead atoms. The van der Waals surface area contributed by atoms with Crippen LogP contribution in [-0.2, 0) is 9.53 Å². The Hall–Kier alpha value is -1.96. The van der Waals surface area contributed by atoms with Gasteiger partial charge in [-0.1, -0.05) is 0 Å². The summed E-state index contributed by atoms with van der Waals surface area (Å²) in [5.41, 5.74) is 0. The molecule has 2 heterocycles. The topological polar surface area (TPSA) is 108 Å². The second kappa shape index (κ2) is 4.27. The van der Waals surface area contributed by atoms with Gasteiger partial charge in [0.25, 0.3) is 5.91 Å². The molecule has 1 aromatic rings. The minimum absolute atomic E-state index is 0.00475. The van der Waals surface area contributed by atoms with Crippen molar-refractivity contribution >= 4 is 11.9 Å². The Kier molecular flexibility index (Phi) is 2.82. The van der Waals surface area contributed by atoms with E-state index in [2.05, 4.69) is 15.2 Å². The molecule has 1 aliphatic heterocycles. The monoisotopic (exact) mass is 226 g/mol. The molecule has 0 aliphatic carbocycles. The highest BCUT2D eigenvalue weighted by Gasteiger charge is 2.34. The number of ether oxygens (including phenoxy) is 1. The highest BCUT2D eigenvalue weighted by Crippen LogP contribution is 2.10. The van der Waals surface area contributed by atoms with Crippen LogP contribution in [0, 0.1) is 0 Å². The minimum atomic E-state index is -1.09. The molecule has 1 atom stereocenters. The molecule has 16 heavy (non-hydrogen) atoms. The smallest absolute Gasteiger partial charge is 0.328 e. The summed E-state index contributed by atoms with van der Waals surface area (Å²) in [5, 5.41) is 14.9. The van der Waals surface area contributed by atoms with E-state index in [4.69, 9.17) is 9.84 Å². The fourth-order valence-corrected chi connectivity index (χ4v) is 1.50. The third-order valence-corrected chi connectivity index (χ3v) is 2.29. The minimum Gasteiger partial charge on any atom is -0.480 e. The summed E-state index contributed by atoms with van der Waals surface area (Å²) < 4.78 is 5.02. The van der Waals surface area contributed by atoms with Gasteiger partial charge < -0.3 is 14.7 Å². The van der Waals surface area contributed by atoms with Gasteiger partial charge in [-0.2, -0.15) is 5.10 Å². The maximum absolute atomic E-state index is 11.8. The number of carboxylic acids is 1. The predicted octanol–water partition coefficient (Wildman–Crippen LogP) is -1.27. The predicted molar refractivity (Wildman–Crippen MR) is 49.7 cm³/mol. The number of carboxylic acid groups (broad SMARTS) is 1. The molecule has 1 saturated heterocycles. The van der Waals surface area contributed by atoms with E-state index in [-0.39, 0.29) is 19.0 Å². The Balaban J connectivity index is 2.17. The number of nitrogens with zero attached hydrogens (tertiary/aromatic N) is 3. The van der Waals surface area contributed by atoms with E-state index in [0.717, 1.165) is 0 Å². The van der Waals surface area contributed by atoms with Crippen molar-refractivity contribution in [3.8, 4) is 0 Å². The quantitative estimate of drug-likeness (QED) is 0.650. The lowest BCUT2D eigenvalue weighted by Gasteiger charge is -2.31. The maximum Gasteiger partial charge on any atom is 0.328 e. The first-order valence-corrected chi connectivity index (χ1v) is 4.67. The lowest BCUT2D eigenvalue weighted by Crippen LogP contribution is -2.52. The number of aliphatic carboxylic acids is 1. The van der Waals surface area contributed by atoms with Gasteiger partial charge in [-0.15, -0.1) is 0 Å². The molecule has 0 spiro atoms. The molecule has 2 N–H and O–H groups in total. The number of hydrogen-bond acceptors (Lipinski definition) is 5. The molecule has 1 aliphatic rings. The molecule has 2 rings (SSSR count). The van der Waals surface area contributed by atoms with Crippen LogP contribution in [0.4, 0.5) is 0 Å². The normalized spacial score (nSPS) is 20.8. The second-order valence-electron chi connectivity index (χ2n) is 3.26. The van der Waals surface area contributed by atoms with Gasteiger partial charge in [0.2, 0.25) is 5.82 Å². The zero-order chi connectivity index (χ0) is 11.5. The number of amides is 1. The van der Waals surface area contributed by atoms with E-state index in [1.54, 1.807) is 0 Å². The number of morpholine rings is 1. The number of H-pyrrole nitrogens is 1. The van der Waals surface area contributed by atoms with Gasteiger partial charge >= 0.3 is 5.97 Å². The molecule has 0 radical (unpaired) electrons. The van der Waals surface area contributed by atoms with Crippen molar-refractivity contribution in [2.24, 2.45) is 0 Å².